The van der Waals surface area contributed by atoms with Crippen LogP contribution < -0.4 is 11.3 Å². The van der Waals surface area contributed by atoms with Crippen molar-refractivity contribution >= 4 is 11.7 Å². The van der Waals surface area contributed by atoms with Gasteiger partial charge in [0.2, 0.25) is 5.91 Å². The molecule has 1 radical (unpaired) electrons. The lowest BCUT2D eigenvalue weighted by Crippen LogP contribution is -2.17. The maximum Gasteiger partial charge on any atom is 0.224 e. The van der Waals surface area contributed by atoms with Crippen LogP contribution in [-0.4, -0.2) is 18.2 Å². The van der Waals surface area contributed by atoms with Crippen LogP contribution in [0.15, 0.2) is 5.11 Å². The smallest absolute Gasteiger partial charge is 0.224 e. The van der Waals surface area contributed by atoms with E-state index in [1.54, 1.807) is 0 Å². The summed E-state index contributed by atoms with van der Waals surface area (Å²) in [6.45, 7) is -0.358. The molecule has 0 aromatic rings. The van der Waals surface area contributed by atoms with Crippen molar-refractivity contribution < 1.29 is 9.59 Å². The van der Waals surface area contributed by atoms with Gasteiger partial charge >= 0.3 is 0 Å². The third-order valence-corrected chi connectivity index (χ3v) is 0.618. The van der Waals surface area contributed by atoms with Crippen LogP contribution in [0.4, 0.5) is 0 Å². The van der Waals surface area contributed by atoms with E-state index >= 15 is 0 Å². The number of nitrogens with zero attached hydrogens (tertiary/aromatic N) is 2. The van der Waals surface area contributed by atoms with Gasteiger partial charge in [0.15, 0.2) is 5.78 Å². The summed E-state index contributed by atoms with van der Waals surface area (Å²) in [6, 6.07) is 0. The summed E-state index contributed by atoms with van der Waals surface area (Å²) in [6.07, 6.45) is -0.357. The zero-order chi connectivity index (χ0) is 7.28. The Morgan fingerprint density at radius 1 is 1.56 bits per heavy atom. The molecule has 0 atom stereocenters. The van der Waals surface area contributed by atoms with Crippen LogP contribution >= 0.6 is 0 Å². The molecule has 1 amide bonds. The molecule has 0 unspecified atom stereocenters. The summed E-state index contributed by atoms with van der Waals surface area (Å²) in [4.78, 5) is 20.3. The third-order valence-electron chi connectivity index (χ3n) is 0.618. The van der Waals surface area contributed by atoms with E-state index < -0.39 is 11.7 Å². The number of rotatable bonds is 4. The molecule has 49 valence electrons. The predicted molar refractivity (Wildman–Crippen MR) is 28.2 cm³/mol. The molecule has 0 rings (SSSR count). The molecule has 0 spiro atoms. The molecule has 0 aliphatic carbocycles. The van der Waals surface area contributed by atoms with Crippen molar-refractivity contribution in [2.75, 3.05) is 6.54 Å². The van der Waals surface area contributed by atoms with E-state index in [0.29, 0.717) is 0 Å². The maximum absolute atomic E-state index is 10.3. The zero-order valence-electron chi connectivity index (χ0n) is 4.70. The van der Waals surface area contributed by atoms with Gasteiger partial charge in [0, 0.05) is 0 Å². The van der Waals surface area contributed by atoms with E-state index in [1.165, 1.54) is 0 Å². The number of amides is 1. The van der Waals surface area contributed by atoms with E-state index in [1.807, 2.05) is 0 Å². The highest BCUT2D eigenvalue weighted by molar-refractivity contribution is 5.98. The maximum atomic E-state index is 10.3. The van der Waals surface area contributed by atoms with Crippen molar-refractivity contribution in [1.82, 2.24) is 5.53 Å². The van der Waals surface area contributed by atoms with E-state index in [-0.39, 0.29) is 13.0 Å². The molecule has 2 N–H and O–H groups in total. The minimum Gasteiger partial charge on any atom is -0.369 e. The number of primary amides is 1. The van der Waals surface area contributed by atoms with Crippen molar-refractivity contribution in [3.8, 4) is 0 Å². The lowest BCUT2D eigenvalue weighted by molar-refractivity contribution is -0.125. The Morgan fingerprint density at radius 2 is 2.11 bits per heavy atom. The molecule has 0 aliphatic heterocycles. The number of carbonyl (C=O) groups excluding carboxylic acids is 2. The van der Waals surface area contributed by atoms with Gasteiger partial charge < -0.3 is 5.73 Å². The van der Waals surface area contributed by atoms with Gasteiger partial charge in [-0.25, -0.2) is 0 Å². The Hall–Kier alpha value is -1.26. The molecule has 9 heavy (non-hydrogen) atoms. The van der Waals surface area contributed by atoms with Crippen LogP contribution in [0.25, 0.3) is 0 Å². The largest absolute Gasteiger partial charge is 0.369 e. The van der Waals surface area contributed by atoms with Crippen molar-refractivity contribution in [3.63, 3.8) is 0 Å². The first-order valence-corrected chi connectivity index (χ1v) is 2.27. The molecular formula is C4H6N3O2. The minimum atomic E-state index is -0.705. The fourth-order valence-corrected chi connectivity index (χ4v) is 0.329. The molecule has 0 bridgehead atoms. The summed E-state index contributed by atoms with van der Waals surface area (Å²) < 4.78 is 0. The molecule has 0 aromatic carbocycles. The number of carbonyl (C=O) groups is 2. The van der Waals surface area contributed by atoms with Gasteiger partial charge in [-0.2, -0.15) is 5.11 Å². The number of hydrogen-bond donors (Lipinski definition) is 1. The van der Waals surface area contributed by atoms with Crippen LogP contribution in [-0.2, 0) is 9.59 Å². The Balaban J connectivity index is 3.50. The van der Waals surface area contributed by atoms with Gasteiger partial charge in [-0.1, -0.05) is 0 Å². The zero-order valence-corrected chi connectivity index (χ0v) is 4.70. The standard InChI is InChI=1S/C4H6N3O2/c5-4(9)1-3(8)2-7-6/h1-2H2,(H2,5,9). The Kier molecular flexibility index (Phi) is 3.19. The summed E-state index contributed by atoms with van der Waals surface area (Å²) >= 11 is 0. The topological polar surface area (TPSA) is 94.8 Å². The Bertz CT molecular complexity index is 143. The molecule has 5 nitrogen and oxygen atoms in total. The van der Waals surface area contributed by atoms with Crippen LogP contribution in [0.3, 0.4) is 0 Å². The summed E-state index contributed by atoms with van der Waals surface area (Å²) in [7, 11) is 0. The van der Waals surface area contributed by atoms with Gasteiger partial charge in [-0.15, -0.1) is 0 Å². The SMILES string of the molecule is [N]=NCC(=O)CC(N)=O. The van der Waals surface area contributed by atoms with Crippen LogP contribution in [0.2, 0.25) is 0 Å². The average molecular weight is 128 g/mol. The first-order chi connectivity index (χ1) is 4.16. The second-order valence-electron chi connectivity index (χ2n) is 1.48. The summed E-state index contributed by atoms with van der Waals surface area (Å²) in [5, 5.41) is 2.53. The van der Waals surface area contributed by atoms with E-state index in [2.05, 4.69) is 10.8 Å². The number of hydrogen-bond acceptors (Lipinski definition) is 3. The summed E-state index contributed by atoms with van der Waals surface area (Å²) in [5.41, 5.74) is 12.4. The van der Waals surface area contributed by atoms with Gasteiger partial charge in [0.1, 0.15) is 6.54 Å². The monoisotopic (exact) mass is 128 g/mol. The molecule has 0 aliphatic rings. The van der Waals surface area contributed by atoms with Crippen molar-refractivity contribution in [2.45, 2.75) is 6.42 Å². The molecule has 0 fully saturated rings. The number of Topliss-reactive ketones (excluding diaryl/α,β-unsaturated/α-hetero) is 1. The number of ketones is 1. The highest BCUT2D eigenvalue weighted by Gasteiger charge is 2.03. The summed E-state index contributed by atoms with van der Waals surface area (Å²) in [5.74, 6) is -1.19. The fourth-order valence-electron chi connectivity index (χ4n) is 0.329. The molecular weight excluding hydrogens is 122 g/mol. The number of nitrogens with two attached hydrogens (primary N) is 1. The van der Waals surface area contributed by atoms with Gasteiger partial charge in [-0.3, -0.25) is 9.59 Å². The molecule has 0 heterocycles. The quantitative estimate of drug-likeness (QED) is 0.375. The van der Waals surface area contributed by atoms with Crippen molar-refractivity contribution in [1.29, 1.82) is 0 Å². The fraction of sp³-hybridized carbons (Fsp3) is 0.500. The van der Waals surface area contributed by atoms with E-state index in [9.17, 15) is 9.59 Å². The van der Waals surface area contributed by atoms with Crippen LogP contribution in [0, 0.1) is 0 Å². The van der Waals surface area contributed by atoms with Crippen molar-refractivity contribution in [3.05, 3.63) is 0 Å². The predicted octanol–water partition coefficient (Wildman–Crippen LogP) is -1.32. The first-order valence-electron chi connectivity index (χ1n) is 2.27. The molecule has 5 heteroatoms. The minimum absolute atomic E-state index is 0.357. The van der Waals surface area contributed by atoms with E-state index in [0.717, 1.165) is 0 Å². The van der Waals surface area contributed by atoms with E-state index in [4.69, 9.17) is 5.53 Å². The first kappa shape index (κ1) is 7.74. The second kappa shape index (κ2) is 3.71. The van der Waals surface area contributed by atoms with Crippen LogP contribution in [0.5, 0.6) is 0 Å². The lowest BCUT2D eigenvalue weighted by Gasteiger charge is -1.87. The molecule has 0 saturated carbocycles. The highest BCUT2D eigenvalue weighted by atomic mass is 16.2. The second-order valence-corrected chi connectivity index (χ2v) is 1.48. The van der Waals surface area contributed by atoms with Gasteiger partial charge in [-0.05, 0) is 5.53 Å². The van der Waals surface area contributed by atoms with Crippen LogP contribution in [0.1, 0.15) is 6.42 Å². The Morgan fingerprint density at radius 3 is 2.44 bits per heavy atom. The van der Waals surface area contributed by atoms with Gasteiger partial charge in [0.05, 0.1) is 6.42 Å². The highest BCUT2D eigenvalue weighted by Crippen LogP contribution is 1.80. The van der Waals surface area contributed by atoms with Crippen molar-refractivity contribution in [2.24, 2.45) is 10.8 Å². The Labute approximate surface area is 51.7 Å². The third kappa shape index (κ3) is 4.60. The lowest BCUT2D eigenvalue weighted by atomic mass is 10.3. The molecule has 0 saturated heterocycles. The average Bonchev–Trinajstić information content (AvgIpc) is 1.63. The normalized spacial score (nSPS) is 8.44. The van der Waals surface area contributed by atoms with Gasteiger partial charge in [0.25, 0.3) is 0 Å². The molecule has 0 aromatic heterocycles.